The molecule has 0 unspecified atom stereocenters. The summed E-state index contributed by atoms with van der Waals surface area (Å²) in [6.45, 7) is 1.87. The van der Waals surface area contributed by atoms with Crippen molar-refractivity contribution in [1.82, 2.24) is 4.98 Å². The summed E-state index contributed by atoms with van der Waals surface area (Å²) in [6, 6.07) is 7.75. The smallest absolute Gasteiger partial charge is 0.419 e. The van der Waals surface area contributed by atoms with Crippen LogP contribution in [0.25, 0.3) is 10.9 Å². The number of aromatic nitrogens is 1. The lowest BCUT2D eigenvalue weighted by atomic mass is 10.2. The van der Waals surface area contributed by atoms with Crippen LogP contribution in [-0.2, 0) is 6.18 Å². The van der Waals surface area contributed by atoms with Gasteiger partial charge in [0.25, 0.3) is 0 Å². The highest BCUT2D eigenvalue weighted by Gasteiger charge is 2.34. The third-order valence-corrected chi connectivity index (χ3v) is 3.97. The van der Waals surface area contributed by atoms with Gasteiger partial charge in [-0.15, -0.1) is 0 Å². The van der Waals surface area contributed by atoms with Gasteiger partial charge in [-0.25, -0.2) is 4.39 Å². The zero-order valence-electron chi connectivity index (χ0n) is 11.8. The van der Waals surface area contributed by atoms with Crippen LogP contribution in [-0.4, -0.2) is 4.98 Å². The van der Waals surface area contributed by atoms with E-state index in [1.54, 1.807) is 12.1 Å². The van der Waals surface area contributed by atoms with Crippen molar-refractivity contribution >= 4 is 26.8 Å². The molecule has 0 atom stereocenters. The second-order valence-electron chi connectivity index (χ2n) is 5.03. The van der Waals surface area contributed by atoms with E-state index in [1.165, 1.54) is 0 Å². The Kier molecular flexibility index (Phi) is 3.83. The van der Waals surface area contributed by atoms with E-state index in [9.17, 15) is 17.6 Å². The van der Waals surface area contributed by atoms with Gasteiger partial charge in [0.05, 0.1) is 11.1 Å². The summed E-state index contributed by atoms with van der Waals surface area (Å²) < 4.78 is 57.7. The number of rotatable bonds is 2. The molecule has 2 aromatic carbocycles. The number of benzene rings is 2. The lowest BCUT2D eigenvalue weighted by Gasteiger charge is -2.11. The first-order valence-electron chi connectivity index (χ1n) is 6.58. The number of H-pyrrole nitrogens is 1. The molecule has 1 N–H and O–H groups in total. The maximum atomic E-state index is 13.6. The molecular formula is C16H10BrF4NO. The van der Waals surface area contributed by atoms with Crippen LogP contribution in [0.4, 0.5) is 17.6 Å². The number of fused-ring (bicyclic) bond motifs is 1. The van der Waals surface area contributed by atoms with Gasteiger partial charge in [-0.1, -0.05) is 0 Å². The molecule has 0 aliphatic heterocycles. The van der Waals surface area contributed by atoms with Gasteiger partial charge >= 0.3 is 6.18 Å². The second kappa shape index (κ2) is 5.56. The molecule has 120 valence electrons. The molecule has 1 heterocycles. The predicted octanol–water partition coefficient (Wildman–Crippen LogP) is 6.19. The van der Waals surface area contributed by atoms with Crippen molar-refractivity contribution in [2.75, 3.05) is 0 Å². The highest BCUT2D eigenvalue weighted by atomic mass is 79.9. The Bertz CT molecular complexity index is 886. The highest BCUT2D eigenvalue weighted by Crippen LogP contribution is 2.37. The van der Waals surface area contributed by atoms with Gasteiger partial charge in [0.2, 0.25) is 0 Å². The van der Waals surface area contributed by atoms with Gasteiger partial charge in [0.1, 0.15) is 17.3 Å². The first-order chi connectivity index (χ1) is 10.8. The molecule has 0 radical (unpaired) electrons. The van der Waals surface area contributed by atoms with Crippen molar-refractivity contribution in [2.45, 2.75) is 13.1 Å². The third kappa shape index (κ3) is 3.06. The molecule has 0 fully saturated rings. The van der Waals surface area contributed by atoms with Gasteiger partial charge < -0.3 is 9.72 Å². The van der Waals surface area contributed by atoms with Crippen molar-refractivity contribution in [2.24, 2.45) is 0 Å². The van der Waals surface area contributed by atoms with E-state index in [-0.39, 0.29) is 5.75 Å². The monoisotopic (exact) mass is 387 g/mol. The number of aromatic amines is 1. The van der Waals surface area contributed by atoms with Crippen LogP contribution in [0.2, 0.25) is 0 Å². The van der Waals surface area contributed by atoms with Crippen molar-refractivity contribution in [1.29, 1.82) is 0 Å². The molecule has 7 heteroatoms. The number of alkyl halides is 3. The highest BCUT2D eigenvalue weighted by molar-refractivity contribution is 9.10. The molecule has 0 aliphatic rings. The first kappa shape index (κ1) is 15.9. The van der Waals surface area contributed by atoms with Crippen LogP contribution in [0, 0.1) is 12.7 Å². The third-order valence-electron chi connectivity index (χ3n) is 3.31. The Balaban J connectivity index is 2.00. The largest absolute Gasteiger partial charge is 0.457 e. The van der Waals surface area contributed by atoms with Gasteiger partial charge in [-0.3, -0.25) is 0 Å². The van der Waals surface area contributed by atoms with E-state index < -0.39 is 17.6 Å². The van der Waals surface area contributed by atoms with Crippen LogP contribution >= 0.6 is 15.9 Å². The quantitative estimate of drug-likeness (QED) is 0.521. The van der Waals surface area contributed by atoms with Gasteiger partial charge in [-0.05, 0) is 53.2 Å². The zero-order valence-corrected chi connectivity index (χ0v) is 13.3. The van der Waals surface area contributed by atoms with E-state index in [1.807, 2.05) is 13.0 Å². The summed E-state index contributed by atoms with van der Waals surface area (Å²) in [6.07, 6.45) is -4.73. The molecule has 23 heavy (non-hydrogen) atoms. The average molecular weight is 388 g/mol. The molecular weight excluding hydrogens is 378 g/mol. The van der Waals surface area contributed by atoms with Crippen LogP contribution in [0.5, 0.6) is 11.5 Å². The summed E-state index contributed by atoms with van der Waals surface area (Å²) in [5, 5.41) is 0.747. The number of ether oxygens (including phenoxy) is 1. The van der Waals surface area contributed by atoms with E-state index in [2.05, 4.69) is 20.9 Å². The SMILES string of the molecule is Cc1cc2c(Oc3ccc(C(F)(F)F)c(F)c3)ccc(Br)c2[nH]1. The minimum absolute atomic E-state index is 0.00187. The topological polar surface area (TPSA) is 25.0 Å². The first-order valence-corrected chi connectivity index (χ1v) is 7.37. The molecule has 0 amide bonds. The molecule has 0 bridgehead atoms. The van der Waals surface area contributed by atoms with Crippen LogP contribution in [0.3, 0.4) is 0 Å². The van der Waals surface area contributed by atoms with Crippen molar-refractivity contribution < 1.29 is 22.3 Å². The van der Waals surface area contributed by atoms with Crippen LogP contribution < -0.4 is 4.74 Å². The Morgan fingerprint density at radius 2 is 1.83 bits per heavy atom. The number of nitrogens with one attached hydrogen (secondary N) is 1. The summed E-state index contributed by atoms with van der Waals surface area (Å²) in [4.78, 5) is 3.14. The van der Waals surface area contributed by atoms with E-state index >= 15 is 0 Å². The average Bonchev–Trinajstić information content (AvgIpc) is 2.83. The molecule has 3 rings (SSSR count). The Hall–Kier alpha value is -2.02. The Labute approximate surface area is 137 Å². The molecule has 1 aromatic heterocycles. The summed E-state index contributed by atoms with van der Waals surface area (Å²) in [5.41, 5.74) is 0.381. The van der Waals surface area contributed by atoms with Crippen LogP contribution in [0.15, 0.2) is 40.9 Å². The number of hydrogen-bond donors (Lipinski definition) is 1. The molecule has 2 nitrogen and oxygen atoms in total. The predicted molar refractivity (Wildman–Crippen MR) is 82.2 cm³/mol. The van der Waals surface area contributed by atoms with Gasteiger partial charge in [0, 0.05) is 21.6 Å². The van der Waals surface area contributed by atoms with Crippen molar-refractivity contribution in [3.05, 3.63) is 57.9 Å². The fraction of sp³-hybridized carbons (Fsp3) is 0.125. The van der Waals surface area contributed by atoms with E-state index in [0.29, 0.717) is 11.8 Å². The number of halogens is 5. The fourth-order valence-corrected chi connectivity index (χ4v) is 2.74. The molecule has 0 saturated heterocycles. The molecule has 0 spiro atoms. The van der Waals surface area contributed by atoms with Crippen molar-refractivity contribution in [3.8, 4) is 11.5 Å². The maximum Gasteiger partial charge on any atom is 0.419 e. The van der Waals surface area contributed by atoms with E-state index in [4.69, 9.17) is 4.74 Å². The molecule has 3 aromatic rings. The Morgan fingerprint density at radius 1 is 1.09 bits per heavy atom. The zero-order chi connectivity index (χ0) is 16.8. The normalized spacial score (nSPS) is 11.9. The van der Waals surface area contributed by atoms with E-state index in [0.717, 1.165) is 33.2 Å². The Morgan fingerprint density at radius 3 is 2.48 bits per heavy atom. The minimum atomic E-state index is -4.73. The lowest BCUT2D eigenvalue weighted by molar-refractivity contribution is -0.140. The summed E-state index contributed by atoms with van der Waals surface area (Å²) >= 11 is 3.40. The van der Waals surface area contributed by atoms with Gasteiger partial charge in [-0.2, -0.15) is 13.2 Å². The van der Waals surface area contributed by atoms with Crippen LogP contribution in [0.1, 0.15) is 11.3 Å². The summed E-state index contributed by atoms with van der Waals surface area (Å²) in [7, 11) is 0. The van der Waals surface area contributed by atoms with Gasteiger partial charge in [0.15, 0.2) is 0 Å². The fourth-order valence-electron chi connectivity index (χ4n) is 2.30. The molecule has 0 saturated carbocycles. The molecule has 0 aliphatic carbocycles. The number of aryl methyl sites for hydroxylation is 1. The second-order valence-corrected chi connectivity index (χ2v) is 5.88. The van der Waals surface area contributed by atoms with Crippen molar-refractivity contribution in [3.63, 3.8) is 0 Å². The standard InChI is InChI=1S/C16H10BrF4NO/c1-8-6-10-14(5-4-12(17)15(10)22-8)23-9-2-3-11(13(18)7-9)16(19,20)21/h2-7,22H,1H3. The number of hydrogen-bond acceptors (Lipinski definition) is 1. The maximum absolute atomic E-state index is 13.6. The summed E-state index contributed by atoms with van der Waals surface area (Å²) in [5.74, 6) is -0.946. The minimum Gasteiger partial charge on any atom is -0.457 e. The lowest BCUT2D eigenvalue weighted by Crippen LogP contribution is -2.07.